The lowest BCUT2D eigenvalue weighted by Gasteiger charge is -2.26. The fraction of sp³-hybridized carbons (Fsp3) is 0.238. The molecule has 1 amide bonds. The number of amides is 1. The number of phenolic OH excluding ortho intramolecular Hbond substituents is 1. The second kappa shape index (κ2) is 6.93. The first-order chi connectivity index (χ1) is 12.1. The molecule has 1 aliphatic heterocycles. The van der Waals surface area contributed by atoms with Crippen LogP contribution in [0.1, 0.15) is 28.9 Å². The molecule has 4 heteroatoms. The van der Waals surface area contributed by atoms with E-state index in [0.29, 0.717) is 6.54 Å². The van der Waals surface area contributed by atoms with Crippen molar-refractivity contribution >= 4 is 11.7 Å². The largest absolute Gasteiger partial charge is 0.507 e. The highest BCUT2D eigenvalue weighted by Crippen LogP contribution is 2.43. The van der Waals surface area contributed by atoms with Crippen molar-refractivity contribution in [3.63, 3.8) is 0 Å². The smallest absolute Gasteiger partial charge is 0.234 e. The number of carbonyl (C=O) groups excluding carboxylic acids is 2. The zero-order valence-corrected chi connectivity index (χ0v) is 14.1. The van der Waals surface area contributed by atoms with E-state index in [2.05, 4.69) is 6.58 Å². The van der Waals surface area contributed by atoms with Gasteiger partial charge in [-0.15, -0.1) is 6.58 Å². The molecule has 2 aromatic rings. The number of rotatable bonds is 5. The number of aromatic hydroxyl groups is 1. The molecule has 3 rings (SSSR count). The number of hydrogen-bond acceptors (Lipinski definition) is 3. The predicted octanol–water partition coefficient (Wildman–Crippen LogP) is 3.60. The Kier molecular flexibility index (Phi) is 4.70. The second-order valence-corrected chi connectivity index (χ2v) is 6.35. The molecule has 4 nitrogen and oxygen atoms in total. The van der Waals surface area contributed by atoms with Crippen LogP contribution in [0.25, 0.3) is 0 Å². The molecule has 0 spiro atoms. The van der Waals surface area contributed by atoms with E-state index in [1.54, 1.807) is 29.2 Å². The molecule has 0 radical (unpaired) electrons. The van der Waals surface area contributed by atoms with E-state index in [1.165, 1.54) is 6.07 Å². The fourth-order valence-electron chi connectivity index (χ4n) is 3.68. The van der Waals surface area contributed by atoms with Gasteiger partial charge in [-0.3, -0.25) is 9.59 Å². The van der Waals surface area contributed by atoms with Gasteiger partial charge in [-0.2, -0.15) is 0 Å². The summed E-state index contributed by atoms with van der Waals surface area (Å²) < 4.78 is 0. The summed E-state index contributed by atoms with van der Waals surface area (Å²) in [6, 6.07) is 15.9. The Balaban J connectivity index is 2.01. The molecule has 3 atom stereocenters. The van der Waals surface area contributed by atoms with Crippen LogP contribution in [-0.4, -0.2) is 28.2 Å². The van der Waals surface area contributed by atoms with E-state index in [9.17, 15) is 14.7 Å². The van der Waals surface area contributed by atoms with Crippen LogP contribution in [0.4, 0.5) is 0 Å². The molecule has 0 saturated carbocycles. The average molecular weight is 335 g/mol. The minimum Gasteiger partial charge on any atom is -0.507 e. The standard InChI is InChI=1S/C21H21NO3/c1-3-13-22-19(15-9-5-4-6-10-15)14(2)18(21(22)25)20(24)16-11-7-8-12-17(16)23/h3-12,14,18-19,23H,1,13H2,2H3/t14-,18+,19-/m1/s1. The molecule has 1 fully saturated rings. The molecule has 0 aromatic heterocycles. The second-order valence-electron chi connectivity index (χ2n) is 6.35. The van der Waals surface area contributed by atoms with Crippen LogP contribution >= 0.6 is 0 Å². The van der Waals surface area contributed by atoms with Gasteiger partial charge in [-0.1, -0.05) is 55.5 Å². The average Bonchev–Trinajstić information content (AvgIpc) is 2.86. The summed E-state index contributed by atoms with van der Waals surface area (Å²) in [7, 11) is 0. The zero-order valence-electron chi connectivity index (χ0n) is 14.1. The molecule has 0 bridgehead atoms. The Morgan fingerprint density at radius 2 is 1.80 bits per heavy atom. The number of phenols is 1. The van der Waals surface area contributed by atoms with Gasteiger partial charge in [0, 0.05) is 6.54 Å². The number of para-hydroxylation sites is 1. The zero-order chi connectivity index (χ0) is 18.0. The lowest BCUT2D eigenvalue weighted by atomic mass is 9.83. The molecule has 1 saturated heterocycles. The lowest BCUT2D eigenvalue weighted by Crippen LogP contribution is -2.31. The van der Waals surface area contributed by atoms with Crippen molar-refractivity contribution in [2.24, 2.45) is 11.8 Å². The Morgan fingerprint density at radius 3 is 2.44 bits per heavy atom. The van der Waals surface area contributed by atoms with Gasteiger partial charge < -0.3 is 10.0 Å². The molecule has 0 aliphatic carbocycles. The van der Waals surface area contributed by atoms with E-state index in [1.807, 2.05) is 37.3 Å². The van der Waals surface area contributed by atoms with Gasteiger partial charge >= 0.3 is 0 Å². The summed E-state index contributed by atoms with van der Waals surface area (Å²) in [4.78, 5) is 27.7. The first-order valence-electron chi connectivity index (χ1n) is 8.34. The van der Waals surface area contributed by atoms with Crippen molar-refractivity contribution in [3.05, 3.63) is 78.4 Å². The number of likely N-dealkylation sites (tertiary alicyclic amines) is 1. The minimum atomic E-state index is -0.807. The third-order valence-corrected chi connectivity index (χ3v) is 4.83. The SMILES string of the molecule is C=CCN1C(=O)[C@H](C(=O)c2ccccc2O)[C@@H](C)[C@@H]1c1ccccc1. The monoisotopic (exact) mass is 335 g/mol. The third-order valence-electron chi connectivity index (χ3n) is 4.83. The van der Waals surface area contributed by atoms with Crippen LogP contribution in [0.3, 0.4) is 0 Å². The van der Waals surface area contributed by atoms with Crippen molar-refractivity contribution in [1.29, 1.82) is 0 Å². The molecule has 1 aliphatic rings. The number of carbonyl (C=O) groups is 2. The molecular formula is C21H21NO3. The number of ketones is 1. The van der Waals surface area contributed by atoms with Gasteiger partial charge in [0.1, 0.15) is 11.7 Å². The maximum absolute atomic E-state index is 13.0. The van der Waals surface area contributed by atoms with E-state index in [4.69, 9.17) is 0 Å². The molecule has 0 unspecified atom stereocenters. The summed E-state index contributed by atoms with van der Waals surface area (Å²) in [6.45, 7) is 6.04. The number of Topliss-reactive ketones (excluding diaryl/α,β-unsaturated/α-hetero) is 1. The molecular weight excluding hydrogens is 314 g/mol. The predicted molar refractivity (Wildman–Crippen MR) is 96.2 cm³/mol. The molecule has 1 N–H and O–H groups in total. The van der Waals surface area contributed by atoms with E-state index in [0.717, 1.165) is 5.56 Å². The first-order valence-corrected chi connectivity index (χ1v) is 8.34. The normalized spacial score (nSPS) is 22.8. The fourth-order valence-corrected chi connectivity index (χ4v) is 3.68. The Morgan fingerprint density at radius 1 is 1.16 bits per heavy atom. The van der Waals surface area contributed by atoms with Crippen LogP contribution in [0, 0.1) is 11.8 Å². The summed E-state index contributed by atoms with van der Waals surface area (Å²) in [6.07, 6.45) is 1.67. The van der Waals surface area contributed by atoms with Gasteiger partial charge in [-0.05, 0) is 23.6 Å². The summed E-state index contributed by atoms with van der Waals surface area (Å²) >= 11 is 0. The molecule has 128 valence electrons. The van der Waals surface area contributed by atoms with Crippen molar-refractivity contribution in [1.82, 2.24) is 4.90 Å². The summed E-state index contributed by atoms with van der Waals surface area (Å²) in [5, 5.41) is 10.0. The van der Waals surface area contributed by atoms with Crippen molar-refractivity contribution in [3.8, 4) is 5.75 Å². The van der Waals surface area contributed by atoms with Crippen molar-refractivity contribution < 1.29 is 14.7 Å². The highest BCUT2D eigenvalue weighted by atomic mass is 16.3. The van der Waals surface area contributed by atoms with Crippen molar-refractivity contribution in [2.45, 2.75) is 13.0 Å². The van der Waals surface area contributed by atoms with Gasteiger partial charge in [0.15, 0.2) is 5.78 Å². The van der Waals surface area contributed by atoms with Crippen LogP contribution in [0.15, 0.2) is 67.3 Å². The van der Waals surface area contributed by atoms with E-state index < -0.39 is 5.92 Å². The Labute approximate surface area is 147 Å². The van der Waals surface area contributed by atoms with Crippen LogP contribution in [0.2, 0.25) is 0 Å². The maximum atomic E-state index is 13.0. The quantitative estimate of drug-likeness (QED) is 0.516. The van der Waals surface area contributed by atoms with Crippen molar-refractivity contribution in [2.75, 3.05) is 6.54 Å². The van der Waals surface area contributed by atoms with E-state index >= 15 is 0 Å². The van der Waals surface area contributed by atoms with Gasteiger partial charge in [0.2, 0.25) is 5.91 Å². The third kappa shape index (κ3) is 2.95. The van der Waals surface area contributed by atoms with E-state index in [-0.39, 0.29) is 35.0 Å². The lowest BCUT2D eigenvalue weighted by molar-refractivity contribution is -0.130. The number of hydrogen-bond donors (Lipinski definition) is 1. The van der Waals surface area contributed by atoms with Gasteiger partial charge in [0.25, 0.3) is 0 Å². The highest BCUT2D eigenvalue weighted by molar-refractivity contribution is 6.12. The van der Waals surface area contributed by atoms with Crippen LogP contribution in [-0.2, 0) is 4.79 Å². The van der Waals surface area contributed by atoms with Crippen LogP contribution in [0.5, 0.6) is 5.75 Å². The first kappa shape index (κ1) is 17.0. The highest BCUT2D eigenvalue weighted by Gasteiger charge is 2.49. The van der Waals surface area contributed by atoms with Gasteiger partial charge in [0.05, 0.1) is 11.6 Å². The molecule has 25 heavy (non-hydrogen) atoms. The minimum absolute atomic E-state index is 0.0917. The molecule has 1 heterocycles. The Bertz CT molecular complexity index is 800. The number of nitrogens with zero attached hydrogens (tertiary/aromatic N) is 1. The number of benzene rings is 2. The van der Waals surface area contributed by atoms with Crippen LogP contribution < -0.4 is 0 Å². The summed E-state index contributed by atoms with van der Waals surface area (Å²) in [5.74, 6) is -1.65. The summed E-state index contributed by atoms with van der Waals surface area (Å²) in [5.41, 5.74) is 1.19. The molecule has 2 aromatic carbocycles. The van der Waals surface area contributed by atoms with Gasteiger partial charge in [-0.25, -0.2) is 0 Å². The Hall–Kier alpha value is -2.88. The maximum Gasteiger partial charge on any atom is 0.234 e. The topological polar surface area (TPSA) is 57.6 Å².